The van der Waals surface area contributed by atoms with Crippen molar-refractivity contribution >= 4 is 115 Å². The van der Waals surface area contributed by atoms with Crippen molar-refractivity contribution in [1.82, 2.24) is 39.9 Å². The number of benzene rings is 2. The number of hydrogen-bond acceptors (Lipinski definition) is 15. The first-order chi connectivity index (χ1) is 30.0. The molecule has 3 N–H and O–H groups in total. The second kappa shape index (κ2) is 31.5. The molecule has 0 aliphatic heterocycles. The quantitative estimate of drug-likeness (QED) is 0.0302. The number of alkyl halides is 1. The summed E-state index contributed by atoms with van der Waals surface area (Å²) in [5.41, 5.74) is 11.0. The minimum atomic E-state index is -2.60. The van der Waals surface area contributed by atoms with Gasteiger partial charge in [-0.05, 0) is 141 Å². The van der Waals surface area contributed by atoms with Gasteiger partial charge in [-0.15, -0.1) is 0 Å². The van der Waals surface area contributed by atoms with Crippen molar-refractivity contribution in [2.75, 3.05) is 44.9 Å². The molecule has 0 aliphatic carbocycles. The Kier molecular flexibility index (Phi) is 30.2. The van der Waals surface area contributed by atoms with Gasteiger partial charge < -0.3 is 31.8 Å². The van der Waals surface area contributed by atoms with Crippen molar-refractivity contribution < 1.29 is 134 Å². The number of nitrogens with one attached hydrogen (secondary N) is 1. The maximum Gasteiger partial charge on any atom is 1.00 e. The number of rotatable bonds is 9. The zero-order valence-electron chi connectivity index (χ0n) is 39.2. The Morgan fingerprint density at radius 2 is 1.15 bits per heavy atom. The van der Waals surface area contributed by atoms with Crippen LogP contribution >= 0.6 is 80.9 Å². The number of nitrogens with two attached hydrogens (primary N) is 1. The number of carbonyl (C=O) groups is 1. The topological polar surface area (TPSA) is 225 Å². The molecule has 0 bridgehead atoms. The molecule has 0 unspecified atom stereocenters. The van der Waals surface area contributed by atoms with Crippen LogP contribution < -0.4 is 130 Å². The summed E-state index contributed by atoms with van der Waals surface area (Å²) < 4.78 is 42.0. The molecule has 0 atom stereocenters. The summed E-state index contributed by atoms with van der Waals surface area (Å²) in [7, 11) is -6.01. The maximum absolute atomic E-state index is 13.0. The zero-order valence-corrected chi connectivity index (χ0v) is 50.7. The third kappa shape index (κ3) is 21.9. The van der Waals surface area contributed by atoms with E-state index in [0.717, 1.165) is 22.3 Å². The summed E-state index contributed by atoms with van der Waals surface area (Å²) in [5, 5.41) is 13.6. The molecule has 340 valence electrons. The minimum Gasteiger partial charge on any atom is -1.00 e. The molecule has 6 rings (SSSR count). The SMILES string of the molecule is CC(C)c1cnc(-c2ccc(N)c(P(C)(C)=O)c2)nc1.CC(C)c1cnc(-c2ccc(Nc3nc(Cl)ncc3Br)c(P(C)(C)=O)c2)nc1.Clc1ncc(Br)c(Cl)n1.O=CO[O-].[2H]CF.[H-].[K+].[K+]. The first-order valence-electron chi connectivity index (χ1n) is 18.8. The molecule has 4 heterocycles. The Hall–Kier alpha value is -0.717. The fourth-order valence-electron chi connectivity index (χ4n) is 4.83. The van der Waals surface area contributed by atoms with Gasteiger partial charge in [-0.2, -0.15) is 4.98 Å². The van der Waals surface area contributed by atoms with Crippen LogP contribution in [0.15, 0.2) is 82.5 Å². The van der Waals surface area contributed by atoms with Crippen LogP contribution in [0.5, 0.6) is 0 Å². The number of anilines is 3. The average molecular weight is 1170 g/mol. The molecule has 15 nitrogen and oxygen atoms in total. The molecular weight excluding hydrogens is 1130 g/mol. The largest absolute Gasteiger partial charge is 1.00 e. The van der Waals surface area contributed by atoms with E-state index >= 15 is 0 Å². The molecule has 0 fully saturated rings. The summed E-state index contributed by atoms with van der Waals surface area (Å²) >= 11 is 23.3. The van der Waals surface area contributed by atoms with Crippen molar-refractivity contribution in [2.24, 2.45) is 0 Å². The van der Waals surface area contributed by atoms with Gasteiger partial charge in [0.05, 0.1) is 23.2 Å². The molecule has 65 heavy (non-hydrogen) atoms. The van der Waals surface area contributed by atoms with E-state index in [2.05, 4.69) is 110 Å². The molecule has 2 aromatic carbocycles. The third-order valence-electron chi connectivity index (χ3n) is 8.06. The van der Waals surface area contributed by atoms with Gasteiger partial charge in [0.1, 0.15) is 25.3 Å². The molecule has 0 saturated carbocycles. The Morgan fingerprint density at radius 1 is 0.754 bits per heavy atom. The second-order valence-corrected chi connectivity index (χ2v) is 23.2. The number of hydrogen-bond donors (Lipinski definition) is 2. The van der Waals surface area contributed by atoms with Gasteiger partial charge in [0.15, 0.2) is 11.6 Å². The smallest absolute Gasteiger partial charge is 1.00 e. The van der Waals surface area contributed by atoms with E-state index in [1.807, 2.05) is 55.1 Å². The predicted octanol–water partition coefficient (Wildman–Crippen LogP) is 4.25. The van der Waals surface area contributed by atoms with Crippen LogP contribution in [-0.2, 0) is 18.8 Å². The van der Waals surface area contributed by atoms with Crippen LogP contribution in [0.2, 0.25) is 15.7 Å². The summed E-state index contributed by atoms with van der Waals surface area (Å²) in [6.07, 6.45) is 10.4. The van der Waals surface area contributed by atoms with Crippen molar-refractivity contribution in [3.05, 3.63) is 109 Å². The van der Waals surface area contributed by atoms with Gasteiger partial charge in [0, 0.05) is 64.6 Å². The van der Waals surface area contributed by atoms with Crippen LogP contribution in [0.25, 0.3) is 22.8 Å². The Bertz CT molecular complexity index is 2570. The van der Waals surface area contributed by atoms with Crippen molar-refractivity contribution in [2.45, 2.75) is 39.5 Å². The first kappa shape index (κ1) is 62.3. The van der Waals surface area contributed by atoms with E-state index in [9.17, 15) is 13.5 Å². The Morgan fingerprint density at radius 3 is 1.54 bits per heavy atom. The van der Waals surface area contributed by atoms with Gasteiger partial charge in [0.2, 0.25) is 10.6 Å². The van der Waals surface area contributed by atoms with Gasteiger partial charge in [0.25, 0.3) is 6.47 Å². The van der Waals surface area contributed by atoms with Crippen molar-refractivity contribution in [3.63, 3.8) is 0 Å². The molecule has 0 amide bonds. The van der Waals surface area contributed by atoms with Crippen LogP contribution in [0.4, 0.5) is 21.6 Å². The molecule has 25 heteroatoms. The van der Waals surface area contributed by atoms with Crippen molar-refractivity contribution in [3.8, 4) is 22.8 Å². The minimum absolute atomic E-state index is 0. The third-order valence-corrected chi connectivity index (χ3v) is 13.2. The van der Waals surface area contributed by atoms with Gasteiger partial charge >= 0.3 is 103 Å². The number of halogens is 6. The zero-order chi connectivity index (χ0) is 48.4. The second-order valence-electron chi connectivity index (χ2n) is 14.1. The van der Waals surface area contributed by atoms with E-state index in [0.29, 0.717) is 65.4 Å². The number of nitrogen functional groups attached to an aromatic ring is 1. The van der Waals surface area contributed by atoms with Crippen molar-refractivity contribution in [1.29, 1.82) is 0 Å². The monoisotopic (exact) mass is 1170 g/mol. The van der Waals surface area contributed by atoms with E-state index in [4.69, 9.17) is 52.0 Å². The van der Waals surface area contributed by atoms with E-state index in [-0.39, 0.29) is 121 Å². The molecule has 0 aliphatic rings. The van der Waals surface area contributed by atoms with E-state index in [1.54, 1.807) is 38.9 Å². The molecule has 6 aromatic rings. The van der Waals surface area contributed by atoms with E-state index in [1.165, 1.54) is 6.20 Å². The van der Waals surface area contributed by atoms with Gasteiger partial charge in [-0.25, -0.2) is 34.9 Å². The summed E-state index contributed by atoms with van der Waals surface area (Å²) in [6, 6.07) is 11.1. The maximum atomic E-state index is 13.0. The summed E-state index contributed by atoms with van der Waals surface area (Å²) in [5.74, 6) is 2.49. The predicted molar refractivity (Wildman–Crippen MR) is 259 cm³/mol. The average Bonchev–Trinajstić information content (AvgIpc) is 3.24. The Labute approximate surface area is 498 Å². The molecular formula is C40H46Br2Cl3FK2N10O5P2. The van der Waals surface area contributed by atoms with Crippen LogP contribution in [0.1, 0.15) is 53.5 Å². The van der Waals surface area contributed by atoms with Crippen LogP contribution in [-0.4, -0.2) is 80.2 Å². The van der Waals surface area contributed by atoms with E-state index < -0.39 is 21.4 Å². The van der Waals surface area contributed by atoms with Crippen LogP contribution in [0, 0.1) is 0 Å². The number of carbonyl (C=O) groups excluding carboxylic acids is 1. The standard InChI is InChI=1S/C19H20BrClN5OP.C15H20N3OP.C4HBrCl2N2.CH3F.CH2O3.2K.H/c1-11(2)13-8-22-17(23-9-13)12-5-6-15(16(7-12)28(3,4)27)25-18-14(20)10-24-19(21)26-18;1-10(2)12-8-17-15(18-9-12)11-5-6-13(16)14(7-11)20(3,4)19;5-2-1-8-4(7)9-3(2)6;1-2;2-1-4-3;;;/h5-11H,1-4H3,(H,24,25,26);5-10H,16H2,1-4H3;1H;1H3;1,3H;;;/q;;;;;2*+1;-1/p-1/i;;;1D;;;;. The Balaban J connectivity index is 0. The number of aromatic nitrogens is 8. The van der Waals surface area contributed by atoms with Gasteiger partial charge in [-0.3, -0.25) is 9.18 Å². The van der Waals surface area contributed by atoms with Crippen LogP contribution in [0.3, 0.4) is 0 Å². The van der Waals surface area contributed by atoms with Gasteiger partial charge in [-0.1, -0.05) is 39.3 Å². The normalized spacial score (nSPS) is 10.6. The molecule has 0 radical (unpaired) electrons. The fourth-order valence-corrected chi connectivity index (χ4v) is 8.06. The fraction of sp³-hybridized carbons (Fsp3) is 0.275. The first-order valence-corrected chi connectivity index (χ1v) is 26.0. The molecule has 0 spiro atoms. The molecule has 4 aromatic heterocycles. The number of nitrogens with zero attached hydrogens (tertiary/aromatic N) is 8. The summed E-state index contributed by atoms with van der Waals surface area (Å²) in [4.78, 5) is 44.4. The molecule has 0 saturated heterocycles. The summed E-state index contributed by atoms with van der Waals surface area (Å²) in [6.45, 7) is 15.1.